The van der Waals surface area contributed by atoms with Crippen LogP contribution in [0.5, 0.6) is 0 Å². The fraction of sp³-hybridized carbons (Fsp3) is 0.818. The number of hydrogen-bond acceptors (Lipinski definition) is 6. The average Bonchev–Trinajstić information content (AvgIpc) is 3.19. The molecule has 3 N–H and O–H groups in total. The summed E-state index contributed by atoms with van der Waals surface area (Å²) < 4.78 is 41.0. The molecular weight excluding hydrogens is 465 g/mol. The van der Waals surface area contributed by atoms with E-state index in [-0.39, 0.29) is 30.1 Å². The third-order valence-electron chi connectivity index (χ3n) is 6.80. The van der Waals surface area contributed by atoms with Gasteiger partial charge in [-0.05, 0) is 49.9 Å². The van der Waals surface area contributed by atoms with E-state index < -0.39 is 54.7 Å². The molecule has 0 bridgehead atoms. The first-order valence-corrected chi connectivity index (χ1v) is 11.6. The number of aliphatic hydroxyl groups excluding tert-OH is 1. The highest BCUT2D eigenvalue weighted by molar-refractivity contribution is 5.95. The number of Topliss-reactive ketones (excluding diaryl/α,β-unsaturated/α-hetero) is 1. The third kappa shape index (κ3) is 6.68. The first-order chi connectivity index (χ1) is 15.8. The Kier molecular flexibility index (Phi) is 7.91. The number of amides is 3. The molecule has 3 fully saturated rings. The van der Waals surface area contributed by atoms with Crippen LogP contribution >= 0.6 is 0 Å². The van der Waals surface area contributed by atoms with E-state index in [9.17, 15) is 37.5 Å². The maximum absolute atomic E-state index is 13.2. The Morgan fingerprint density at radius 1 is 1.29 bits per heavy atom. The lowest BCUT2D eigenvalue weighted by molar-refractivity contribution is -0.321. The van der Waals surface area contributed by atoms with Crippen LogP contribution in [0.2, 0.25) is 0 Å². The Morgan fingerprint density at radius 3 is 2.50 bits per heavy atom. The number of alkyl halides is 3. The van der Waals surface area contributed by atoms with Gasteiger partial charge in [0.25, 0.3) is 5.91 Å². The molecule has 34 heavy (non-hydrogen) atoms. The Hall–Kier alpha value is -2.21. The lowest BCUT2D eigenvalue weighted by Crippen LogP contribution is -2.53. The number of carbonyl (C=O) groups is 4. The number of ketones is 1. The molecule has 0 radical (unpaired) electrons. The van der Waals surface area contributed by atoms with E-state index in [0.717, 1.165) is 12.8 Å². The van der Waals surface area contributed by atoms with Crippen molar-refractivity contribution in [3.63, 3.8) is 0 Å². The largest absolute Gasteiger partial charge is 0.522 e. The summed E-state index contributed by atoms with van der Waals surface area (Å²) in [6, 6.07) is -2.33. The molecule has 9 nitrogen and oxygen atoms in total. The number of aliphatic hydroxyl groups is 1. The van der Waals surface area contributed by atoms with Crippen LogP contribution in [0.1, 0.15) is 52.4 Å². The van der Waals surface area contributed by atoms with E-state index >= 15 is 0 Å². The second-order valence-electron chi connectivity index (χ2n) is 10.1. The van der Waals surface area contributed by atoms with E-state index in [1.807, 2.05) is 13.8 Å². The minimum atomic E-state index is -5.02. The normalized spacial score (nSPS) is 25.4. The van der Waals surface area contributed by atoms with Gasteiger partial charge in [-0.3, -0.25) is 23.9 Å². The minimum Gasteiger partial charge on any atom is -0.383 e. The molecule has 1 aliphatic carbocycles. The molecule has 2 heterocycles. The molecular formula is C22H32F3N3O6. The molecule has 0 aromatic carbocycles. The molecule has 3 rings (SSSR count). The van der Waals surface area contributed by atoms with Gasteiger partial charge in [-0.2, -0.15) is 0 Å². The summed E-state index contributed by atoms with van der Waals surface area (Å²) in [4.78, 5) is 51.9. The smallest absolute Gasteiger partial charge is 0.383 e. The maximum Gasteiger partial charge on any atom is 0.522 e. The number of nitrogens with one attached hydrogen (secondary N) is 2. The van der Waals surface area contributed by atoms with Crippen LogP contribution < -0.4 is 10.6 Å². The first kappa shape index (κ1) is 26.4. The molecule has 3 amide bonds. The fourth-order valence-corrected chi connectivity index (χ4v) is 4.75. The summed E-state index contributed by atoms with van der Waals surface area (Å²) in [5.74, 6) is -3.19. The van der Waals surface area contributed by atoms with Crippen LogP contribution in [0.15, 0.2) is 0 Å². The number of likely N-dealkylation sites (tertiary alicyclic amines) is 1. The number of carbonyl (C=O) groups excluding carboxylic acids is 4. The standard InChI is InChI=1S/C22H32F3N3O6/c1-12(2)7-16(29)20(33)28-11-21(4-5-21)9-15(28)19(32)27-14(8-13-3-6-26-18(13)31)17(30)10-34-22(23,24)25/h12-16,29H,3-11H2,1-2H3,(H,26,31)(H,27,32)/t13-,14-,15-,16+/m0/s1/i1+1,2+1,7+1,12+1,16+1,20+1. The lowest BCUT2D eigenvalue weighted by Gasteiger charge is -2.28. The highest BCUT2D eigenvalue weighted by Gasteiger charge is 2.56. The highest BCUT2D eigenvalue weighted by atomic mass is 19.4. The number of halogens is 3. The lowest BCUT2D eigenvalue weighted by atomic mass is 9.95. The molecule has 1 spiro atoms. The van der Waals surface area contributed by atoms with Crippen LogP contribution in [-0.4, -0.2) is 77.8 Å². The monoisotopic (exact) mass is 497 g/mol. The summed E-state index contributed by atoms with van der Waals surface area (Å²) in [6.07, 6.45) is -3.85. The van der Waals surface area contributed by atoms with E-state index in [2.05, 4.69) is 15.4 Å². The van der Waals surface area contributed by atoms with Crippen LogP contribution in [0.25, 0.3) is 0 Å². The van der Waals surface area contributed by atoms with Crippen molar-refractivity contribution in [2.45, 2.75) is 76.9 Å². The number of nitrogens with zero attached hydrogens (tertiary/aromatic N) is 1. The molecule has 0 aromatic heterocycles. The minimum absolute atomic E-state index is 0.0527. The zero-order valence-corrected chi connectivity index (χ0v) is 19.3. The van der Waals surface area contributed by atoms with Crippen molar-refractivity contribution in [3.8, 4) is 0 Å². The van der Waals surface area contributed by atoms with Crippen molar-refractivity contribution in [1.82, 2.24) is 15.5 Å². The molecule has 2 aliphatic heterocycles. The molecule has 192 valence electrons. The Labute approximate surface area is 195 Å². The zero-order valence-electron chi connectivity index (χ0n) is 19.3. The van der Waals surface area contributed by atoms with E-state index in [0.29, 0.717) is 25.9 Å². The van der Waals surface area contributed by atoms with E-state index in [1.54, 1.807) is 0 Å². The van der Waals surface area contributed by atoms with Crippen LogP contribution in [0.3, 0.4) is 0 Å². The van der Waals surface area contributed by atoms with Crippen molar-refractivity contribution < 1.29 is 42.2 Å². The quantitative estimate of drug-likeness (QED) is 0.385. The predicted molar refractivity (Wildman–Crippen MR) is 112 cm³/mol. The SMILES string of the molecule is [13CH3][13CH]([13CH3])[13CH2][13C@@H](O)[13C](=O)N1CC2(CC2)C[C@H]1C(=O)N[C@@H](C[C@@H]1CCNC1=O)C(=O)COC(F)(F)F. The summed E-state index contributed by atoms with van der Waals surface area (Å²) in [5, 5.41) is 15.4. The second-order valence-corrected chi connectivity index (χ2v) is 10.1. The third-order valence-corrected chi connectivity index (χ3v) is 6.80. The number of rotatable bonds is 10. The van der Waals surface area contributed by atoms with E-state index in [4.69, 9.17) is 0 Å². The van der Waals surface area contributed by atoms with Crippen LogP contribution in [-0.2, 0) is 23.9 Å². The molecule has 3 aliphatic rings. The van der Waals surface area contributed by atoms with Crippen molar-refractivity contribution in [1.29, 1.82) is 0 Å². The summed E-state index contributed by atoms with van der Waals surface area (Å²) in [6.45, 7) is 3.09. The van der Waals surface area contributed by atoms with E-state index in [1.165, 1.54) is 4.90 Å². The summed E-state index contributed by atoms with van der Waals surface area (Å²) >= 11 is 0. The van der Waals surface area contributed by atoms with Gasteiger partial charge in [0.15, 0.2) is 5.78 Å². The van der Waals surface area contributed by atoms with Crippen molar-refractivity contribution in [2.24, 2.45) is 17.3 Å². The Morgan fingerprint density at radius 2 is 1.97 bits per heavy atom. The van der Waals surface area contributed by atoms with Crippen molar-refractivity contribution in [2.75, 3.05) is 19.7 Å². The van der Waals surface area contributed by atoms with Gasteiger partial charge in [-0.1, -0.05) is 13.8 Å². The topological polar surface area (TPSA) is 125 Å². The fourth-order valence-electron chi connectivity index (χ4n) is 4.75. The van der Waals surface area contributed by atoms with Crippen LogP contribution in [0.4, 0.5) is 13.2 Å². The summed E-state index contributed by atoms with van der Waals surface area (Å²) in [5.41, 5.74) is -0.209. The molecule has 0 unspecified atom stereocenters. The molecule has 0 aromatic rings. The van der Waals surface area contributed by atoms with Crippen molar-refractivity contribution in [3.05, 3.63) is 0 Å². The van der Waals surface area contributed by atoms with Gasteiger partial charge >= 0.3 is 6.36 Å². The molecule has 2 saturated heterocycles. The molecule has 4 atom stereocenters. The van der Waals surface area contributed by atoms with Gasteiger partial charge in [-0.15, -0.1) is 13.2 Å². The zero-order chi connectivity index (χ0) is 25.3. The first-order valence-electron chi connectivity index (χ1n) is 11.6. The van der Waals surface area contributed by atoms with Crippen LogP contribution in [0, 0.1) is 17.3 Å². The predicted octanol–water partition coefficient (Wildman–Crippen LogP) is 0.891. The molecule has 1 saturated carbocycles. The highest BCUT2D eigenvalue weighted by Crippen LogP contribution is 2.55. The van der Waals surface area contributed by atoms with Gasteiger partial charge in [-0.25, -0.2) is 0 Å². The Balaban J connectivity index is 1.73. The summed E-state index contributed by atoms with van der Waals surface area (Å²) in [7, 11) is 0. The van der Waals surface area contributed by atoms with Gasteiger partial charge in [0.1, 0.15) is 18.8 Å². The Bertz CT molecular complexity index is 814. The van der Waals surface area contributed by atoms with Gasteiger partial charge in [0.05, 0.1) is 6.04 Å². The average molecular weight is 497 g/mol. The number of hydrogen-bond donors (Lipinski definition) is 3. The van der Waals surface area contributed by atoms with Gasteiger partial charge < -0.3 is 20.6 Å². The number of ether oxygens (including phenoxy) is 1. The van der Waals surface area contributed by atoms with Gasteiger partial charge in [0.2, 0.25) is 11.8 Å². The van der Waals surface area contributed by atoms with Crippen molar-refractivity contribution >= 4 is 23.5 Å². The molecule has 12 heteroatoms. The second kappa shape index (κ2) is 10.2. The van der Waals surface area contributed by atoms with Gasteiger partial charge in [0, 0.05) is 19.0 Å². The maximum atomic E-state index is 13.2.